The lowest BCUT2D eigenvalue weighted by Crippen LogP contribution is -1.96. The summed E-state index contributed by atoms with van der Waals surface area (Å²) in [5.41, 5.74) is 19.5. The highest BCUT2D eigenvalue weighted by molar-refractivity contribution is 6.18. The van der Waals surface area contributed by atoms with Gasteiger partial charge in [-0.2, -0.15) is 0 Å². The van der Waals surface area contributed by atoms with Gasteiger partial charge in [-0.05, 0) is 136 Å². The van der Waals surface area contributed by atoms with Crippen molar-refractivity contribution in [2.45, 2.75) is 13.8 Å². The van der Waals surface area contributed by atoms with Crippen molar-refractivity contribution in [3.63, 3.8) is 0 Å². The van der Waals surface area contributed by atoms with Crippen LogP contribution in [-0.4, -0.2) is 9.13 Å². The third kappa shape index (κ3) is 5.49. The maximum Gasteiger partial charge on any atom is 0.0553 e. The molecule has 0 fully saturated rings. The Morgan fingerprint density at radius 3 is 1.57 bits per heavy atom. The summed E-state index contributed by atoms with van der Waals surface area (Å²) in [6, 6.07) is 75.6. The van der Waals surface area contributed by atoms with Crippen molar-refractivity contribution in [2.75, 3.05) is 0 Å². The van der Waals surface area contributed by atoms with Crippen LogP contribution in [0.4, 0.5) is 0 Å². The van der Waals surface area contributed by atoms with Crippen molar-refractivity contribution >= 4 is 43.6 Å². The molecule has 0 atom stereocenters. The van der Waals surface area contributed by atoms with Crippen molar-refractivity contribution in [2.24, 2.45) is 0 Å². The topological polar surface area (TPSA) is 9.86 Å². The van der Waals surface area contributed by atoms with Crippen molar-refractivity contribution in [1.29, 1.82) is 0 Å². The van der Waals surface area contributed by atoms with Crippen LogP contribution in [0.2, 0.25) is 0 Å². The summed E-state index contributed by atoms with van der Waals surface area (Å²) in [6.07, 6.45) is 0. The Bertz CT molecular complexity index is 3330. The second kappa shape index (κ2) is 13.7. The summed E-state index contributed by atoms with van der Waals surface area (Å²) in [6.45, 7) is 4.42. The van der Waals surface area contributed by atoms with E-state index in [0.717, 1.165) is 5.69 Å². The molecule has 11 rings (SSSR count). The number of aryl methyl sites for hydroxylation is 2. The Labute approximate surface area is 338 Å². The molecule has 0 saturated heterocycles. The van der Waals surface area contributed by atoms with E-state index >= 15 is 0 Å². The summed E-state index contributed by atoms with van der Waals surface area (Å²) in [5, 5.41) is 5.00. The maximum absolute atomic E-state index is 2.44. The van der Waals surface area contributed by atoms with Gasteiger partial charge in [0.1, 0.15) is 0 Å². The number of aromatic nitrogens is 2. The average Bonchev–Trinajstić information content (AvgIpc) is 3.79. The minimum absolute atomic E-state index is 1.15. The van der Waals surface area contributed by atoms with Gasteiger partial charge in [-0.1, -0.05) is 140 Å². The standard InChI is InChI=1S/C56H40N2/c1-37-16-12-13-23-46(37)47-29-28-45(32-38(47)2)58-52-25-15-14-24-48(52)50-33-41(26-30-53(50)58)42-27-31-54-51(34-42)56-49(40-19-8-4-9-20-40)35-43(39-17-6-3-7-18-39)36-55(56)57(54)44-21-10-5-11-22-44/h3-36H,1-2H3. The predicted molar refractivity (Wildman–Crippen MR) is 246 cm³/mol. The Kier molecular flexibility index (Phi) is 7.97. The third-order valence-corrected chi connectivity index (χ3v) is 12.0. The van der Waals surface area contributed by atoms with Crippen LogP contribution >= 0.6 is 0 Å². The monoisotopic (exact) mass is 740 g/mol. The summed E-state index contributed by atoms with van der Waals surface area (Å²) in [4.78, 5) is 0. The van der Waals surface area contributed by atoms with Gasteiger partial charge in [0.05, 0.1) is 22.1 Å². The Balaban J connectivity index is 1.12. The molecular weight excluding hydrogens is 701 g/mol. The first-order valence-corrected chi connectivity index (χ1v) is 20.1. The van der Waals surface area contributed by atoms with Gasteiger partial charge in [0.15, 0.2) is 0 Å². The number of hydrogen-bond donors (Lipinski definition) is 0. The zero-order valence-corrected chi connectivity index (χ0v) is 32.5. The minimum Gasteiger partial charge on any atom is -0.309 e. The molecule has 0 radical (unpaired) electrons. The van der Waals surface area contributed by atoms with Gasteiger partial charge in [0.2, 0.25) is 0 Å². The van der Waals surface area contributed by atoms with Crippen molar-refractivity contribution in [3.05, 3.63) is 217 Å². The number of nitrogens with zero attached hydrogens (tertiary/aromatic N) is 2. The zero-order chi connectivity index (χ0) is 38.7. The van der Waals surface area contributed by atoms with Crippen molar-refractivity contribution in [1.82, 2.24) is 9.13 Å². The van der Waals surface area contributed by atoms with E-state index in [9.17, 15) is 0 Å². The Hall–Kier alpha value is -7.42. The molecule has 0 aliphatic rings. The van der Waals surface area contributed by atoms with Crippen LogP contribution in [0, 0.1) is 13.8 Å². The van der Waals surface area contributed by atoms with Crippen LogP contribution in [-0.2, 0) is 0 Å². The first-order chi connectivity index (χ1) is 28.6. The SMILES string of the molecule is Cc1ccccc1-c1ccc(-n2c3ccccc3c3cc(-c4ccc5c(c4)c4c(-c6ccccc6)cc(-c6ccccc6)cc4n5-c4ccccc4)ccc32)cc1C. The van der Waals surface area contributed by atoms with E-state index in [4.69, 9.17) is 0 Å². The highest BCUT2D eigenvalue weighted by Crippen LogP contribution is 2.43. The molecule has 9 aromatic carbocycles. The molecule has 0 aliphatic heterocycles. The predicted octanol–water partition coefficient (Wildman–Crippen LogP) is 15.2. The van der Waals surface area contributed by atoms with Crippen LogP contribution in [0.15, 0.2) is 206 Å². The second-order valence-electron chi connectivity index (χ2n) is 15.5. The third-order valence-electron chi connectivity index (χ3n) is 12.0. The molecule has 2 heteroatoms. The molecule has 0 unspecified atom stereocenters. The van der Waals surface area contributed by atoms with Gasteiger partial charge in [-0.25, -0.2) is 0 Å². The summed E-state index contributed by atoms with van der Waals surface area (Å²) >= 11 is 0. The summed E-state index contributed by atoms with van der Waals surface area (Å²) in [7, 11) is 0. The van der Waals surface area contributed by atoms with Crippen LogP contribution < -0.4 is 0 Å². The van der Waals surface area contributed by atoms with Gasteiger partial charge < -0.3 is 9.13 Å². The average molecular weight is 741 g/mol. The van der Waals surface area contributed by atoms with E-state index in [1.807, 2.05) is 0 Å². The first kappa shape index (κ1) is 33.9. The number of hydrogen-bond acceptors (Lipinski definition) is 0. The quantitative estimate of drug-likeness (QED) is 0.161. The molecule has 274 valence electrons. The first-order valence-electron chi connectivity index (χ1n) is 20.1. The smallest absolute Gasteiger partial charge is 0.0553 e. The molecule has 0 bridgehead atoms. The zero-order valence-electron chi connectivity index (χ0n) is 32.5. The Morgan fingerprint density at radius 2 is 0.845 bits per heavy atom. The fourth-order valence-corrected chi connectivity index (χ4v) is 9.22. The normalized spacial score (nSPS) is 11.6. The lowest BCUT2D eigenvalue weighted by Gasteiger charge is -2.14. The van der Waals surface area contributed by atoms with Crippen LogP contribution in [0.1, 0.15) is 11.1 Å². The molecule has 0 saturated carbocycles. The van der Waals surface area contributed by atoms with Crippen LogP contribution in [0.5, 0.6) is 0 Å². The molecule has 0 spiro atoms. The fourth-order valence-electron chi connectivity index (χ4n) is 9.22. The number of para-hydroxylation sites is 2. The highest BCUT2D eigenvalue weighted by atomic mass is 15.0. The molecule has 11 aromatic rings. The molecular formula is C56H40N2. The molecule has 0 N–H and O–H groups in total. The van der Waals surface area contributed by atoms with E-state index in [1.165, 1.54) is 105 Å². The van der Waals surface area contributed by atoms with Crippen LogP contribution in [0.25, 0.3) is 99.5 Å². The molecule has 2 heterocycles. The van der Waals surface area contributed by atoms with Gasteiger partial charge >= 0.3 is 0 Å². The summed E-state index contributed by atoms with van der Waals surface area (Å²) < 4.78 is 4.87. The molecule has 2 nitrogen and oxygen atoms in total. The number of benzene rings is 9. The van der Waals surface area contributed by atoms with E-state index in [2.05, 4.69) is 229 Å². The maximum atomic E-state index is 2.44. The Morgan fingerprint density at radius 1 is 0.276 bits per heavy atom. The molecule has 2 aromatic heterocycles. The number of fused-ring (bicyclic) bond motifs is 6. The second-order valence-corrected chi connectivity index (χ2v) is 15.5. The van der Waals surface area contributed by atoms with Crippen LogP contribution in [0.3, 0.4) is 0 Å². The molecule has 0 amide bonds. The lowest BCUT2D eigenvalue weighted by atomic mass is 9.93. The molecule has 58 heavy (non-hydrogen) atoms. The van der Waals surface area contributed by atoms with E-state index in [0.29, 0.717) is 0 Å². The van der Waals surface area contributed by atoms with Crippen molar-refractivity contribution < 1.29 is 0 Å². The molecule has 0 aliphatic carbocycles. The van der Waals surface area contributed by atoms with Gasteiger partial charge in [0.25, 0.3) is 0 Å². The minimum atomic E-state index is 1.15. The van der Waals surface area contributed by atoms with Gasteiger partial charge in [-0.3, -0.25) is 0 Å². The fraction of sp³-hybridized carbons (Fsp3) is 0.0357. The number of rotatable bonds is 6. The van der Waals surface area contributed by atoms with E-state index in [1.54, 1.807) is 0 Å². The lowest BCUT2D eigenvalue weighted by molar-refractivity contribution is 1.17. The highest BCUT2D eigenvalue weighted by Gasteiger charge is 2.20. The van der Waals surface area contributed by atoms with Gasteiger partial charge in [-0.15, -0.1) is 0 Å². The largest absolute Gasteiger partial charge is 0.309 e. The van der Waals surface area contributed by atoms with Gasteiger partial charge in [0, 0.05) is 32.9 Å². The van der Waals surface area contributed by atoms with E-state index in [-0.39, 0.29) is 0 Å². The van der Waals surface area contributed by atoms with Crippen molar-refractivity contribution in [3.8, 4) is 55.9 Å². The van der Waals surface area contributed by atoms with E-state index < -0.39 is 0 Å². The summed E-state index contributed by atoms with van der Waals surface area (Å²) in [5.74, 6) is 0.